The summed E-state index contributed by atoms with van der Waals surface area (Å²) in [7, 11) is 0. The lowest BCUT2D eigenvalue weighted by Gasteiger charge is -2.11. The Bertz CT molecular complexity index is 1530. The first-order chi connectivity index (χ1) is 15.7. The van der Waals surface area contributed by atoms with Crippen LogP contribution in [0.3, 0.4) is 0 Å². The van der Waals surface area contributed by atoms with E-state index < -0.39 is 37.6 Å². The van der Waals surface area contributed by atoms with Crippen molar-refractivity contribution in [3.8, 4) is 5.75 Å². The fourth-order valence-electron chi connectivity index (χ4n) is 3.67. The number of nitro groups is 3. The van der Waals surface area contributed by atoms with Gasteiger partial charge in [0.25, 0.3) is 11.4 Å². The highest BCUT2D eigenvalue weighted by atomic mass is 79.9. The molecule has 0 saturated carbocycles. The van der Waals surface area contributed by atoms with E-state index in [4.69, 9.17) is 5.11 Å². The van der Waals surface area contributed by atoms with Crippen LogP contribution in [0.1, 0.15) is 0 Å². The van der Waals surface area contributed by atoms with Crippen molar-refractivity contribution in [3.05, 3.63) is 102 Å². The maximum Gasteiger partial charge on any atom is 0.324 e. The number of rotatable bonds is 3. The van der Waals surface area contributed by atoms with Crippen molar-refractivity contribution in [2.75, 3.05) is 0 Å². The van der Waals surface area contributed by atoms with Gasteiger partial charge in [-0.25, -0.2) is 0 Å². The first-order valence-corrected chi connectivity index (χ1v) is 10.1. The molecule has 0 fully saturated rings. The molecule has 0 aromatic heterocycles. The second-order valence-electron chi connectivity index (χ2n) is 7.01. The fraction of sp³-hybridized carbons (Fsp3) is 0. The van der Waals surface area contributed by atoms with E-state index in [0.29, 0.717) is 12.1 Å². The van der Waals surface area contributed by atoms with E-state index in [1.807, 2.05) is 0 Å². The van der Waals surface area contributed by atoms with Crippen molar-refractivity contribution in [3.63, 3.8) is 0 Å². The van der Waals surface area contributed by atoms with E-state index in [1.54, 1.807) is 0 Å². The van der Waals surface area contributed by atoms with Crippen molar-refractivity contribution in [1.82, 2.24) is 0 Å². The average molecular weight is 510 g/mol. The van der Waals surface area contributed by atoms with Crippen LogP contribution in [-0.4, -0.2) is 19.9 Å². The van der Waals surface area contributed by atoms with Crippen LogP contribution in [0.15, 0.2) is 71.2 Å². The van der Waals surface area contributed by atoms with E-state index in [9.17, 15) is 30.3 Å². The zero-order chi connectivity index (χ0) is 23.9. The number of benzene rings is 5. The molecule has 11 heteroatoms. The van der Waals surface area contributed by atoms with E-state index in [0.717, 1.165) is 0 Å². The number of hydrogen-bond donors (Lipinski definition) is 1. The molecule has 0 heterocycles. The third kappa shape index (κ3) is 3.85. The number of aromatic hydroxyl groups is 1. The smallest absolute Gasteiger partial charge is 0.324 e. The molecule has 5 aromatic carbocycles. The molecule has 0 amide bonds. The molecule has 10 nitrogen and oxygen atoms in total. The maximum atomic E-state index is 10.4. The van der Waals surface area contributed by atoms with Gasteiger partial charge in [0, 0.05) is 4.47 Å². The zero-order valence-electron chi connectivity index (χ0n) is 16.5. The van der Waals surface area contributed by atoms with Crippen LogP contribution >= 0.6 is 15.9 Å². The summed E-state index contributed by atoms with van der Waals surface area (Å²) >= 11 is 3.64. The van der Waals surface area contributed by atoms with Gasteiger partial charge in [0.05, 0.1) is 26.9 Å². The Morgan fingerprint density at radius 3 is 1.67 bits per heavy atom. The van der Waals surface area contributed by atoms with Crippen LogP contribution in [0.4, 0.5) is 17.1 Å². The van der Waals surface area contributed by atoms with Gasteiger partial charge in [0.1, 0.15) is 0 Å². The molecule has 33 heavy (non-hydrogen) atoms. The van der Waals surface area contributed by atoms with Crippen LogP contribution in [0, 0.1) is 30.3 Å². The molecule has 164 valence electrons. The summed E-state index contributed by atoms with van der Waals surface area (Å²) in [5.41, 5.74) is -3.00. The number of nitro benzene ring substituents is 3. The molecule has 0 aliphatic carbocycles. The number of non-ortho nitro benzene ring substituents is 1. The quantitative estimate of drug-likeness (QED) is 0.166. The van der Waals surface area contributed by atoms with Crippen molar-refractivity contribution < 1.29 is 19.9 Å². The highest BCUT2D eigenvalue weighted by Gasteiger charge is 2.30. The molecule has 0 spiro atoms. The lowest BCUT2D eigenvalue weighted by molar-refractivity contribution is -0.404. The zero-order valence-corrected chi connectivity index (χ0v) is 18.1. The molecule has 0 aliphatic rings. The van der Waals surface area contributed by atoms with Gasteiger partial charge in [-0.15, -0.1) is 0 Å². The van der Waals surface area contributed by atoms with Gasteiger partial charge >= 0.3 is 11.4 Å². The van der Waals surface area contributed by atoms with Crippen LogP contribution in [0.2, 0.25) is 0 Å². The van der Waals surface area contributed by atoms with Gasteiger partial charge in [0.15, 0.2) is 0 Å². The van der Waals surface area contributed by atoms with E-state index in [-0.39, 0.29) is 0 Å². The van der Waals surface area contributed by atoms with Crippen LogP contribution in [0.25, 0.3) is 32.3 Å². The Balaban J connectivity index is 0.000000158. The Kier molecular flexibility index (Phi) is 5.48. The predicted molar refractivity (Wildman–Crippen MR) is 126 cm³/mol. The molecular formula is C22H12BrN3O7. The van der Waals surface area contributed by atoms with Crippen LogP contribution in [0.5, 0.6) is 5.75 Å². The van der Waals surface area contributed by atoms with Gasteiger partial charge in [-0.05, 0) is 38.4 Å². The molecule has 0 atom stereocenters. The minimum Gasteiger partial charge on any atom is -0.497 e. The summed E-state index contributed by atoms with van der Waals surface area (Å²) in [6.07, 6.45) is 0. The van der Waals surface area contributed by atoms with Crippen molar-refractivity contribution in [2.24, 2.45) is 0 Å². The van der Waals surface area contributed by atoms with Gasteiger partial charge in [-0.3, -0.25) is 30.3 Å². The Labute approximate surface area is 192 Å². The second kappa shape index (κ2) is 8.28. The normalized spacial score (nSPS) is 10.8. The molecule has 0 saturated heterocycles. The average Bonchev–Trinajstić information content (AvgIpc) is 2.78. The third-order valence-corrected chi connectivity index (χ3v) is 5.83. The predicted octanol–water partition coefficient (Wildman–Crippen LogP) is 6.46. The molecule has 0 aliphatic heterocycles. The van der Waals surface area contributed by atoms with Gasteiger partial charge < -0.3 is 5.11 Å². The summed E-state index contributed by atoms with van der Waals surface area (Å²) < 4.78 is 1.17. The number of nitrogens with zero attached hydrogens (tertiary/aromatic N) is 3. The number of hydrogen-bond acceptors (Lipinski definition) is 7. The van der Waals surface area contributed by atoms with E-state index in [1.165, 1.54) is 36.8 Å². The van der Waals surface area contributed by atoms with E-state index >= 15 is 0 Å². The Morgan fingerprint density at radius 2 is 1.15 bits per heavy atom. The highest BCUT2D eigenvalue weighted by Crippen LogP contribution is 2.39. The van der Waals surface area contributed by atoms with Gasteiger partial charge in [0.2, 0.25) is 0 Å². The summed E-state index contributed by atoms with van der Waals surface area (Å²) in [5, 5.41) is 48.2. The summed E-state index contributed by atoms with van der Waals surface area (Å²) in [4.78, 5) is 27.8. The standard InChI is InChI=1S/C16H9Br.C6H3N3O7/c17-14-9-7-12-5-4-10-2-1-3-11-6-8-13(14)16(12)15(10)11;10-6-4(8(13)14)1-3(7(11)12)2-5(6)9(15)16/h1-9H;1-2,10H. The van der Waals surface area contributed by atoms with Crippen LogP contribution in [-0.2, 0) is 0 Å². The number of phenolic OH excluding ortho intramolecular Hbond substituents is 1. The summed E-state index contributed by atoms with van der Waals surface area (Å²) in [6, 6.07) is 20.5. The summed E-state index contributed by atoms with van der Waals surface area (Å²) in [5.74, 6) is -1.21. The highest BCUT2D eigenvalue weighted by molar-refractivity contribution is 9.10. The van der Waals surface area contributed by atoms with Crippen molar-refractivity contribution in [2.45, 2.75) is 0 Å². The Hall–Kier alpha value is -4.38. The largest absolute Gasteiger partial charge is 0.497 e. The van der Waals surface area contributed by atoms with Gasteiger partial charge in [-0.1, -0.05) is 64.5 Å². The number of phenols is 1. The SMILES string of the molecule is Brc1ccc2ccc3cccc4ccc1c2c34.O=[N+]([O-])c1cc([N+](=O)[O-])c(O)c([N+](=O)[O-])c1. The molecule has 0 radical (unpaired) electrons. The van der Waals surface area contributed by atoms with Gasteiger partial charge in [-0.2, -0.15) is 0 Å². The van der Waals surface area contributed by atoms with Crippen molar-refractivity contribution in [1.29, 1.82) is 0 Å². The minimum atomic E-state index is -1.21. The second-order valence-corrected chi connectivity index (χ2v) is 7.86. The minimum absolute atomic E-state index is 0.447. The maximum absolute atomic E-state index is 10.4. The molecule has 5 rings (SSSR count). The molecule has 5 aromatic rings. The molecule has 1 N–H and O–H groups in total. The lowest BCUT2D eigenvalue weighted by Crippen LogP contribution is -1.97. The topological polar surface area (TPSA) is 150 Å². The first-order valence-electron chi connectivity index (χ1n) is 9.31. The summed E-state index contributed by atoms with van der Waals surface area (Å²) in [6.45, 7) is 0. The molecular weight excluding hydrogens is 498 g/mol. The monoisotopic (exact) mass is 509 g/mol. The van der Waals surface area contributed by atoms with Crippen LogP contribution < -0.4 is 0 Å². The Morgan fingerprint density at radius 1 is 0.667 bits per heavy atom. The molecule has 0 unspecified atom stereocenters. The van der Waals surface area contributed by atoms with E-state index in [2.05, 4.69) is 70.5 Å². The van der Waals surface area contributed by atoms with Crippen molar-refractivity contribution >= 4 is 65.3 Å². The number of halogens is 1. The molecule has 0 bridgehead atoms. The fourth-order valence-corrected chi connectivity index (χ4v) is 4.14. The lowest BCUT2D eigenvalue weighted by atomic mass is 9.94. The first kappa shape index (κ1) is 21.8. The third-order valence-electron chi connectivity index (χ3n) is 5.13.